The lowest BCUT2D eigenvalue weighted by Crippen LogP contribution is -2.41. The summed E-state index contributed by atoms with van der Waals surface area (Å²) in [5.41, 5.74) is 0.877. The number of carbonyl (C=O) groups is 3. The molecule has 1 aromatic heterocycles. The normalized spacial score (nSPS) is 19.5. The number of furan rings is 1. The second-order valence-corrected chi connectivity index (χ2v) is 9.36. The topological polar surface area (TPSA) is 80.1 Å². The number of fused-ring (bicyclic) bond motifs is 1. The van der Waals surface area contributed by atoms with Gasteiger partial charge >= 0.3 is 5.97 Å². The second-order valence-electron chi connectivity index (χ2n) is 7.88. The highest BCUT2D eigenvalue weighted by molar-refractivity contribution is 8.00. The second kappa shape index (κ2) is 9.60. The lowest BCUT2D eigenvalue weighted by molar-refractivity contribution is -0.153. The number of ether oxygens (including phenoxy) is 1. The van der Waals surface area contributed by atoms with Crippen LogP contribution < -0.4 is 4.90 Å². The molecule has 0 spiro atoms. The predicted molar refractivity (Wildman–Crippen MR) is 117 cm³/mol. The Morgan fingerprint density at radius 1 is 1.06 bits per heavy atom. The molecule has 8 heteroatoms. The number of para-hydroxylation sites is 1. The zero-order valence-corrected chi connectivity index (χ0v) is 18.3. The van der Waals surface area contributed by atoms with Crippen LogP contribution >= 0.6 is 11.8 Å². The van der Waals surface area contributed by atoms with E-state index >= 15 is 0 Å². The van der Waals surface area contributed by atoms with E-state index in [1.807, 2.05) is 24.3 Å². The molecule has 3 heterocycles. The Hall–Kier alpha value is -2.74. The number of amides is 2. The number of anilines is 1. The van der Waals surface area contributed by atoms with Crippen molar-refractivity contribution in [1.82, 2.24) is 4.90 Å². The highest BCUT2D eigenvalue weighted by Gasteiger charge is 2.31. The maximum Gasteiger partial charge on any atom is 0.309 e. The first-order chi connectivity index (χ1) is 15.0. The number of hydrogen-bond acceptors (Lipinski definition) is 6. The van der Waals surface area contributed by atoms with E-state index < -0.39 is 0 Å². The van der Waals surface area contributed by atoms with Crippen LogP contribution in [0.15, 0.2) is 52.0 Å². The van der Waals surface area contributed by atoms with Crippen LogP contribution in [0.4, 0.5) is 5.69 Å². The standard InChI is InChI=1S/C23H26N2O5S/c1-16-8-13-25(18-5-2-3-7-20(18)31-16)21(26)15-30-23(28)17-9-11-24(12-10-17)22(27)19-6-4-14-29-19/h2-7,14,16-17H,8-13,15H2,1H3. The predicted octanol–water partition coefficient (Wildman–Crippen LogP) is 3.59. The van der Waals surface area contributed by atoms with Crippen LogP contribution in [0.2, 0.25) is 0 Å². The molecule has 31 heavy (non-hydrogen) atoms. The molecular weight excluding hydrogens is 416 g/mol. The Labute approximate surface area is 185 Å². The summed E-state index contributed by atoms with van der Waals surface area (Å²) in [5, 5.41) is 0.413. The van der Waals surface area contributed by atoms with Gasteiger partial charge in [0.05, 0.1) is 17.9 Å². The van der Waals surface area contributed by atoms with Gasteiger partial charge in [-0.3, -0.25) is 14.4 Å². The highest BCUT2D eigenvalue weighted by Crippen LogP contribution is 2.37. The molecule has 0 radical (unpaired) electrons. The molecule has 1 aromatic carbocycles. The van der Waals surface area contributed by atoms with Crippen molar-refractivity contribution in [3.8, 4) is 0 Å². The minimum Gasteiger partial charge on any atom is -0.459 e. The third-order valence-electron chi connectivity index (χ3n) is 5.73. The highest BCUT2D eigenvalue weighted by atomic mass is 32.2. The summed E-state index contributed by atoms with van der Waals surface area (Å²) >= 11 is 1.76. The lowest BCUT2D eigenvalue weighted by Gasteiger charge is -2.30. The number of hydrogen-bond donors (Lipinski definition) is 0. The fraction of sp³-hybridized carbons (Fsp3) is 0.435. The number of thioether (sulfide) groups is 1. The quantitative estimate of drug-likeness (QED) is 0.673. The van der Waals surface area contributed by atoms with E-state index in [0.717, 1.165) is 17.0 Å². The monoisotopic (exact) mass is 442 g/mol. The summed E-state index contributed by atoms with van der Waals surface area (Å²) in [6.45, 7) is 3.41. The molecule has 4 rings (SSSR count). The number of nitrogens with zero attached hydrogens (tertiary/aromatic N) is 2. The van der Waals surface area contributed by atoms with Crippen LogP contribution in [-0.4, -0.2) is 54.2 Å². The van der Waals surface area contributed by atoms with Crippen molar-refractivity contribution in [2.75, 3.05) is 31.1 Å². The van der Waals surface area contributed by atoms with Gasteiger partial charge in [-0.25, -0.2) is 0 Å². The van der Waals surface area contributed by atoms with E-state index in [2.05, 4.69) is 6.92 Å². The van der Waals surface area contributed by atoms with Crippen LogP contribution in [0.1, 0.15) is 36.7 Å². The van der Waals surface area contributed by atoms with Gasteiger partial charge in [-0.15, -0.1) is 11.8 Å². The Bertz CT molecular complexity index is 937. The van der Waals surface area contributed by atoms with Crippen LogP contribution in [0.3, 0.4) is 0 Å². The van der Waals surface area contributed by atoms with Crippen LogP contribution in [-0.2, 0) is 14.3 Å². The molecule has 164 valence electrons. The smallest absolute Gasteiger partial charge is 0.309 e. The third kappa shape index (κ3) is 4.95. The number of piperidine rings is 1. The molecule has 1 unspecified atom stereocenters. The van der Waals surface area contributed by atoms with E-state index in [1.165, 1.54) is 6.26 Å². The van der Waals surface area contributed by atoms with E-state index in [-0.39, 0.29) is 30.3 Å². The largest absolute Gasteiger partial charge is 0.459 e. The van der Waals surface area contributed by atoms with E-state index in [9.17, 15) is 14.4 Å². The Kier molecular flexibility index (Phi) is 6.65. The SMILES string of the molecule is CC1CCN(C(=O)COC(=O)C2CCN(C(=O)c3ccco3)CC2)c2ccccc2S1. The summed E-state index contributed by atoms with van der Waals surface area (Å²) in [5.74, 6) is -0.749. The lowest BCUT2D eigenvalue weighted by atomic mass is 9.97. The number of benzene rings is 1. The molecule has 7 nitrogen and oxygen atoms in total. The number of likely N-dealkylation sites (tertiary alicyclic amines) is 1. The molecule has 0 saturated carbocycles. The molecule has 2 aromatic rings. The van der Waals surface area contributed by atoms with Gasteiger partial charge in [0, 0.05) is 29.8 Å². The number of carbonyl (C=O) groups excluding carboxylic acids is 3. The van der Waals surface area contributed by atoms with Crippen LogP contribution in [0, 0.1) is 5.92 Å². The molecule has 0 bridgehead atoms. The van der Waals surface area contributed by atoms with Crippen molar-refractivity contribution in [3.63, 3.8) is 0 Å². The van der Waals surface area contributed by atoms with Gasteiger partial charge in [0.15, 0.2) is 12.4 Å². The first-order valence-electron chi connectivity index (χ1n) is 10.6. The maximum atomic E-state index is 12.9. The summed E-state index contributed by atoms with van der Waals surface area (Å²) in [7, 11) is 0. The van der Waals surface area contributed by atoms with Gasteiger partial charge in [0.1, 0.15) is 0 Å². The van der Waals surface area contributed by atoms with Gasteiger partial charge in [-0.2, -0.15) is 0 Å². The Balaban J connectivity index is 1.29. The van der Waals surface area contributed by atoms with Crippen LogP contribution in [0.5, 0.6) is 0 Å². The molecule has 0 aliphatic carbocycles. The van der Waals surface area contributed by atoms with Gasteiger partial charge in [-0.05, 0) is 43.5 Å². The van der Waals surface area contributed by atoms with Crippen molar-refractivity contribution < 1.29 is 23.5 Å². The van der Waals surface area contributed by atoms with Gasteiger partial charge < -0.3 is 19.0 Å². The molecule has 2 aliphatic rings. The molecule has 2 aliphatic heterocycles. The average molecular weight is 443 g/mol. The fourth-order valence-corrected chi connectivity index (χ4v) is 5.06. The average Bonchev–Trinajstić information content (AvgIpc) is 3.27. The Morgan fingerprint density at radius 2 is 1.84 bits per heavy atom. The van der Waals surface area contributed by atoms with Gasteiger partial charge in [-0.1, -0.05) is 19.1 Å². The third-order valence-corrected chi connectivity index (χ3v) is 6.97. The van der Waals surface area contributed by atoms with Crippen molar-refractivity contribution >= 4 is 35.2 Å². The zero-order valence-electron chi connectivity index (χ0n) is 17.5. The zero-order chi connectivity index (χ0) is 21.8. The molecule has 2 amide bonds. The molecule has 1 fully saturated rings. The minimum atomic E-state index is -0.371. The first kappa shape index (κ1) is 21.5. The summed E-state index contributed by atoms with van der Waals surface area (Å²) < 4.78 is 10.5. The maximum absolute atomic E-state index is 12.9. The first-order valence-corrected chi connectivity index (χ1v) is 11.5. The number of esters is 1. The summed E-state index contributed by atoms with van der Waals surface area (Å²) in [6.07, 6.45) is 3.37. The number of rotatable bonds is 4. The van der Waals surface area contributed by atoms with E-state index in [1.54, 1.807) is 33.7 Å². The summed E-state index contributed by atoms with van der Waals surface area (Å²) in [4.78, 5) is 42.2. The molecule has 1 saturated heterocycles. The fourth-order valence-electron chi connectivity index (χ4n) is 3.95. The van der Waals surface area contributed by atoms with Crippen molar-refractivity contribution in [2.45, 2.75) is 36.3 Å². The van der Waals surface area contributed by atoms with Crippen molar-refractivity contribution in [2.24, 2.45) is 5.92 Å². The molecular formula is C23H26N2O5S. The van der Waals surface area contributed by atoms with Crippen LogP contribution in [0.25, 0.3) is 0 Å². The minimum absolute atomic E-state index is 0.168. The Morgan fingerprint density at radius 3 is 2.58 bits per heavy atom. The van der Waals surface area contributed by atoms with E-state index in [0.29, 0.717) is 43.5 Å². The molecule has 1 atom stereocenters. The molecule has 0 N–H and O–H groups in total. The van der Waals surface area contributed by atoms with E-state index in [4.69, 9.17) is 9.15 Å². The van der Waals surface area contributed by atoms with Crippen molar-refractivity contribution in [3.05, 3.63) is 48.4 Å². The van der Waals surface area contributed by atoms with Gasteiger partial charge in [0.25, 0.3) is 11.8 Å². The van der Waals surface area contributed by atoms with Crippen molar-refractivity contribution in [1.29, 1.82) is 0 Å². The van der Waals surface area contributed by atoms with Gasteiger partial charge in [0.2, 0.25) is 0 Å². The summed E-state index contributed by atoms with van der Waals surface area (Å²) in [6, 6.07) is 11.2.